The van der Waals surface area contributed by atoms with Gasteiger partial charge in [-0.3, -0.25) is 9.79 Å². The van der Waals surface area contributed by atoms with Gasteiger partial charge in [0.1, 0.15) is 5.75 Å². The highest BCUT2D eigenvalue weighted by molar-refractivity contribution is 14.0. The van der Waals surface area contributed by atoms with Gasteiger partial charge in [0, 0.05) is 38.1 Å². The van der Waals surface area contributed by atoms with Crippen LogP contribution in [0.3, 0.4) is 0 Å². The Balaban J connectivity index is 0.00000341. The van der Waals surface area contributed by atoms with Crippen molar-refractivity contribution in [2.24, 2.45) is 10.9 Å². The van der Waals surface area contributed by atoms with Crippen molar-refractivity contribution in [3.63, 3.8) is 0 Å². The lowest BCUT2D eigenvalue weighted by Gasteiger charge is -2.26. The Hall–Kier alpha value is -1.51. The molecule has 174 valence electrons. The van der Waals surface area contributed by atoms with Gasteiger partial charge in [0.25, 0.3) is 0 Å². The Morgan fingerprint density at radius 1 is 1.19 bits per heavy atom. The van der Waals surface area contributed by atoms with E-state index < -0.39 is 0 Å². The van der Waals surface area contributed by atoms with Gasteiger partial charge in [-0.2, -0.15) is 0 Å². The Labute approximate surface area is 204 Å². The van der Waals surface area contributed by atoms with Crippen LogP contribution >= 0.6 is 24.0 Å². The highest BCUT2D eigenvalue weighted by Gasteiger charge is 2.31. The lowest BCUT2D eigenvalue weighted by Crippen LogP contribution is -2.45. The molecule has 1 aromatic carbocycles. The van der Waals surface area contributed by atoms with Gasteiger partial charge in [0.2, 0.25) is 5.91 Å². The third-order valence-electron chi connectivity index (χ3n) is 6.02. The van der Waals surface area contributed by atoms with E-state index in [1.165, 1.54) is 24.8 Å². The van der Waals surface area contributed by atoms with Crippen LogP contribution in [0.5, 0.6) is 5.75 Å². The zero-order valence-electron chi connectivity index (χ0n) is 19.1. The zero-order valence-corrected chi connectivity index (χ0v) is 21.4. The molecule has 1 saturated heterocycles. The van der Waals surface area contributed by atoms with Crippen LogP contribution in [-0.2, 0) is 11.2 Å². The quantitative estimate of drug-likeness (QED) is 0.297. The summed E-state index contributed by atoms with van der Waals surface area (Å²) in [4.78, 5) is 19.6. The van der Waals surface area contributed by atoms with Crippen LogP contribution in [-0.4, -0.2) is 55.6 Å². The monoisotopic (exact) mass is 542 g/mol. The summed E-state index contributed by atoms with van der Waals surface area (Å²) in [5.41, 5.74) is 1.23. The number of aliphatic imine (C=N–C) groups is 1. The fourth-order valence-electron chi connectivity index (χ4n) is 4.45. The number of nitrogens with zero attached hydrogens (tertiary/aromatic N) is 2. The number of carbonyl (C=O) groups is 1. The maximum atomic E-state index is 12.8. The molecule has 2 N–H and O–H groups in total. The predicted octanol–water partition coefficient (Wildman–Crippen LogP) is 3.98. The number of halogens is 1. The van der Waals surface area contributed by atoms with Crippen LogP contribution in [0.2, 0.25) is 0 Å². The molecule has 3 rings (SSSR count). The van der Waals surface area contributed by atoms with E-state index in [-0.39, 0.29) is 35.9 Å². The van der Waals surface area contributed by atoms with Crippen molar-refractivity contribution in [3.05, 3.63) is 29.8 Å². The first-order valence-corrected chi connectivity index (χ1v) is 11.7. The molecule has 2 fully saturated rings. The van der Waals surface area contributed by atoms with E-state index in [9.17, 15) is 4.79 Å². The summed E-state index contributed by atoms with van der Waals surface area (Å²) in [6.45, 7) is 7.94. The van der Waals surface area contributed by atoms with E-state index in [0.717, 1.165) is 57.0 Å². The number of likely N-dealkylation sites (tertiary alicyclic amines) is 1. The van der Waals surface area contributed by atoms with Crippen molar-refractivity contribution in [3.8, 4) is 5.75 Å². The molecule has 0 radical (unpaired) electrons. The van der Waals surface area contributed by atoms with Crippen LogP contribution < -0.4 is 15.4 Å². The molecule has 1 aliphatic carbocycles. The molecule has 1 heterocycles. The maximum Gasteiger partial charge on any atom is 0.225 e. The summed E-state index contributed by atoms with van der Waals surface area (Å²) in [5.74, 6) is 2.38. The number of benzene rings is 1. The van der Waals surface area contributed by atoms with Crippen LogP contribution in [0, 0.1) is 5.92 Å². The smallest absolute Gasteiger partial charge is 0.225 e. The van der Waals surface area contributed by atoms with E-state index in [1.54, 1.807) is 0 Å². The molecular weight excluding hydrogens is 503 g/mol. The molecule has 0 spiro atoms. The number of guanidine groups is 1. The molecule has 2 aliphatic rings. The fraction of sp³-hybridized carbons (Fsp3) is 0.667. The van der Waals surface area contributed by atoms with Crippen LogP contribution in [0.25, 0.3) is 0 Å². The highest BCUT2D eigenvalue weighted by Crippen LogP contribution is 2.26. The minimum atomic E-state index is 0. The van der Waals surface area contributed by atoms with E-state index in [0.29, 0.717) is 19.1 Å². The molecule has 1 saturated carbocycles. The normalized spacial score (nSPS) is 19.6. The Kier molecular flexibility index (Phi) is 11.5. The number of carbonyl (C=O) groups excluding carboxylic acids is 1. The van der Waals surface area contributed by atoms with Crippen molar-refractivity contribution >= 4 is 35.8 Å². The van der Waals surface area contributed by atoms with E-state index in [1.807, 2.05) is 19.1 Å². The first kappa shape index (κ1) is 25.7. The van der Waals surface area contributed by atoms with Crippen molar-refractivity contribution in [2.45, 2.75) is 64.8 Å². The van der Waals surface area contributed by atoms with Crippen LogP contribution in [0.15, 0.2) is 29.3 Å². The molecule has 31 heavy (non-hydrogen) atoms. The largest absolute Gasteiger partial charge is 0.494 e. The van der Waals surface area contributed by atoms with E-state index >= 15 is 0 Å². The Morgan fingerprint density at radius 3 is 2.74 bits per heavy atom. The Bertz CT molecular complexity index is 707. The molecule has 1 unspecified atom stereocenters. The molecular formula is C24H39IN4O2. The first-order chi connectivity index (χ1) is 14.7. The fourth-order valence-corrected chi connectivity index (χ4v) is 4.45. The van der Waals surface area contributed by atoms with Crippen LogP contribution in [0.1, 0.15) is 57.9 Å². The van der Waals surface area contributed by atoms with Crippen molar-refractivity contribution in [2.75, 3.05) is 32.8 Å². The first-order valence-electron chi connectivity index (χ1n) is 11.7. The predicted molar refractivity (Wildman–Crippen MR) is 137 cm³/mol. The number of hydrogen-bond acceptors (Lipinski definition) is 3. The minimum Gasteiger partial charge on any atom is -0.494 e. The molecule has 6 nitrogen and oxygen atoms in total. The summed E-state index contributed by atoms with van der Waals surface area (Å²) in [6.07, 6.45) is 7.69. The zero-order chi connectivity index (χ0) is 21.2. The molecule has 1 aliphatic heterocycles. The number of amides is 1. The van der Waals surface area contributed by atoms with Gasteiger partial charge in [-0.1, -0.05) is 31.4 Å². The summed E-state index contributed by atoms with van der Waals surface area (Å²) < 4.78 is 5.58. The third-order valence-corrected chi connectivity index (χ3v) is 6.02. The van der Waals surface area contributed by atoms with Crippen molar-refractivity contribution < 1.29 is 9.53 Å². The number of hydrogen-bond donors (Lipinski definition) is 2. The van der Waals surface area contributed by atoms with Gasteiger partial charge >= 0.3 is 0 Å². The molecule has 1 aromatic rings. The lowest BCUT2D eigenvalue weighted by molar-refractivity contribution is -0.135. The molecule has 0 bridgehead atoms. The summed E-state index contributed by atoms with van der Waals surface area (Å²) in [7, 11) is 0. The average molecular weight is 543 g/mol. The molecule has 1 atom stereocenters. The lowest BCUT2D eigenvalue weighted by atomic mass is 9.88. The second-order valence-corrected chi connectivity index (χ2v) is 8.34. The number of rotatable bonds is 8. The second kappa shape index (κ2) is 13.8. The van der Waals surface area contributed by atoms with Gasteiger partial charge in [-0.15, -0.1) is 24.0 Å². The number of nitrogens with one attached hydrogen (secondary N) is 2. The minimum absolute atomic E-state index is 0. The summed E-state index contributed by atoms with van der Waals surface area (Å²) in [5, 5.41) is 6.89. The van der Waals surface area contributed by atoms with Crippen molar-refractivity contribution in [1.82, 2.24) is 15.5 Å². The topological polar surface area (TPSA) is 66.0 Å². The second-order valence-electron chi connectivity index (χ2n) is 8.34. The summed E-state index contributed by atoms with van der Waals surface area (Å²) >= 11 is 0. The van der Waals surface area contributed by atoms with Crippen LogP contribution in [0.4, 0.5) is 0 Å². The standard InChI is InChI=1S/C24H38N4O2.HI/c1-3-25-24(26-15-13-19-9-8-12-22(17-19)30-4-2)27-21-14-16-28(18-21)23(29)20-10-6-5-7-11-20;/h8-9,12,17,20-21H,3-7,10-11,13-16,18H2,1-2H3,(H2,25,26,27);1H. The number of ether oxygens (including phenoxy) is 1. The van der Waals surface area contributed by atoms with Gasteiger partial charge in [0.15, 0.2) is 5.96 Å². The van der Waals surface area contributed by atoms with Crippen molar-refractivity contribution in [1.29, 1.82) is 0 Å². The molecule has 0 aromatic heterocycles. The average Bonchev–Trinajstić information content (AvgIpc) is 3.23. The maximum absolute atomic E-state index is 12.8. The molecule has 7 heteroatoms. The van der Waals surface area contributed by atoms with Gasteiger partial charge < -0.3 is 20.3 Å². The molecule has 1 amide bonds. The van der Waals surface area contributed by atoms with Gasteiger partial charge in [-0.25, -0.2) is 0 Å². The van der Waals surface area contributed by atoms with Gasteiger partial charge in [0.05, 0.1) is 6.61 Å². The highest BCUT2D eigenvalue weighted by atomic mass is 127. The third kappa shape index (κ3) is 8.16. The van der Waals surface area contributed by atoms with E-state index in [2.05, 4.69) is 34.6 Å². The Morgan fingerprint density at radius 2 is 2.00 bits per heavy atom. The van der Waals surface area contributed by atoms with E-state index in [4.69, 9.17) is 9.73 Å². The van der Waals surface area contributed by atoms with Gasteiger partial charge in [-0.05, 0) is 57.2 Å². The summed E-state index contributed by atoms with van der Waals surface area (Å²) in [6, 6.07) is 8.50. The SMILES string of the molecule is CCNC(=NCCc1cccc(OCC)c1)NC1CCN(C(=O)C2CCCCC2)C1.I.